The highest BCUT2D eigenvalue weighted by Gasteiger charge is 2.37. The average Bonchev–Trinajstić information content (AvgIpc) is 3.31. The lowest BCUT2D eigenvalue weighted by molar-refractivity contribution is -0.149. The van der Waals surface area contributed by atoms with Crippen molar-refractivity contribution in [3.63, 3.8) is 0 Å². The zero-order valence-corrected chi connectivity index (χ0v) is 20.2. The minimum atomic E-state index is -0.602. The summed E-state index contributed by atoms with van der Waals surface area (Å²) in [5.41, 5.74) is 3.07. The molecule has 35 heavy (non-hydrogen) atoms. The molecule has 4 aromatic rings. The van der Waals surface area contributed by atoms with E-state index in [9.17, 15) is 14.4 Å². The van der Waals surface area contributed by atoms with Crippen LogP contribution < -0.4 is 0 Å². The summed E-state index contributed by atoms with van der Waals surface area (Å²) in [5.74, 6) is -1.08. The van der Waals surface area contributed by atoms with E-state index in [-0.39, 0.29) is 12.6 Å². The molecule has 3 aromatic carbocycles. The smallest absolute Gasteiger partial charge is 0.326 e. The first kappa shape index (κ1) is 22.9. The molecule has 1 aliphatic heterocycles. The number of thioether (sulfide) groups is 1. The molecule has 0 unspecified atom stereocenters. The van der Waals surface area contributed by atoms with Gasteiger partial charge >= 0.3 is 5.97 Å². The minimum Gasteiger partial charge on any atom is -0.462 e. The third kappa shape index (κ3) is 4.59. The Morgan fingerprint density at radius 2 is 1.69 bits per heavy atom. The van der Waals surface area contributed by atoms with E-state index >= 15 is 0 Å². The molecule has 0 bridgehead atoms. The maximum Gasteiger partial charge on any atom is 0.326 e. The molecule has 1 fully saturated rings. The Balaban J connectivity index is 1.48. The number of carbonyl (C=O) groups excluding carboxylic acids is 3. The van der Waals surface area contributed by atoms with E-state index in [0.717, 1.165) is 33.1 Å². The summed E-state index contributed by atoms with van der Waals surface area (Å²) in [5, 5.41) is 2.90. The molecule has 0 aliphatic carbocycles. The number of benzene rings is 3. The minimum absolute atomic E-state index is 0.292. The van der Waals surface area contributed by atoms with Crippen LogP contribution in [0.4, 0.5) is 4.79 Å². The van der Waals surface area contributed by atoms with Crippen molar-refractivity contribution in [2.45, 2.75) is 26.5 Å². The monoisotopic (exact) mass is 484 g/mol. The Morgan fingerprint density at radius 1 is 0.971 bits per heavy atom. The zero-order chi connectivity index (χ0) is 24.5. The molecule has 5 rings (SSSR count). The predicted molar refractivity (Wildman–Crippen MR) is 139 cm³/mol. The van der Waals surface area contributed by atoms with Gasteiger partial charge in [0.2, 0.25) is 0 Å². The van der Waals surface area contributed by atoms with Gasteiger partial charge in [-0.15, -0.1) is 0 Å². The molecule has 1 saturated heterocycles. The van der Waals surface area contributed by atoms with Gasteiger partial charge in [-0.2, -0.15) is 0 Å². The lowest BCUT2D eigenvalue weighted by atomic mass is 10.0. The lowest BCUT2D eigenvalue weighted by Gasteiger charge is -2.13. The van der Waals surface area contributed by atoms with E-state index in [2.05, 4.69) is 34.9 Å². The highest BCUT2D eigenvalue weighted by molar-refractivity contribution is 8.18. The highest BCUT2D eigenvalue weighted by atomic mass is 32.2. The van der Waals surface area contributed by atoms with Gasteiger partial charge in [0.05, 0.1) is 11.0 Å². The fourth-order valence-electron chi connectivity index (χ4n) is 4.34. The van der Waals surface area contributed by atoms with Crippen molar-refractivity contribution in [1.82, 2.24) is 9.47 Å². The van der Waals surface area contributed by atoms with Gasteiger partial charge in [-0.3, -0.25) is 19.3 Å². The number of rotatable bonds is 6. The molecule has 0 saturated carbocycles. The van der Waals surface area contributed by atoms with Gasteiger partial charge < -0.3 is 9.30 Å². The fourth-order valence-corrected chi connectivity index (χ4v) is 5.17. The SMILES string of the molecule is CC(C)OC(=O)CN1C(=O)S/C(=C\c2cn(Cc3cccc4ccccc34)c3ccccc23)C1=O. The van der Waals surface area contributed by atoms with Crippen LogP contribution in [0.15, 0.2) is 77.8 Å². The molecular formula is C28H24N2O4S. The van der Waals surface area contributed by atoms with Gasteiger partial charge in [-0.25, -0.2) is 0 Å². The van der Waals surface area contributed by atoms with Crippen LogP contribution in [0.5, 0.6) is 0 Å². The van der Waals surface area contributed by atoms with Gasteiger partial charge in [0.25, 0.3) is 11.1 Å². The van der Waals surface area contributed by atoms with Crippen molar-refractivity contribution in [3.8, 4) is 0 Å². The maximum absolute atomic E-state index is 12.9. The molecule has 1 aliphatic rings. The van der Waals surface area contributed by atoms with Gasteiger partial charge in [-0.05, 0) is 54.1 Å². The number of fused-ring (bicyclic) bond motifs is 2. The van der Waals surface area contributed by atoms with Gasteiger partial charge in [-0.1, -0.05) is 60.7 Å². The number of carbonyl (C=O) groups is 3. The number of aromatic nitrogens is 1. The number of hydrogen-bond donors (Lipinski definition) is 0. The Kier molecular flexibility index (Phi) is 6.17. The second-order valence-electron chi connectivity index (χ2n) is 8.67. The van der Waals surface area contributed by atoms with Gasteiger partial charge in [0, 0.05) is 29.2 Å². The molecule has 176 valence electrons. The van der Waals surface area contributed by atoms with Crippen LogP contribution in [0.1, 0.15) is 25.0 Å². The van der Waals surface area contributed by atoms with Gasteiger partial charge in [0.1, 0.15) is 6.54 Å². The van der Waals surface area contributed by atoms with Crippen molar-refractivity contribution >= 4 is 56.6 Å². The summed E-state index contributed by atoms with van der Waals surface area (Å²) in [6.07, 6.45) is 3.43. The number of hydrogen-bond acceptors (Lipinski definition) is 5. The number of esters is 1. The van der Waals surface area contributed by atoms with Crippen molar-refractivity contribution in [1.29, 1.82) is 0 Å². The summed E-state index contributed by atoms with van der Waals surface area (Å²) >= 11 is 0.843. The van der Waals surface area contributed by atoms with Crippen molar-refractivity contribution < 1.29 is 19.1 Å². The first-order valence-electron chi connectivity index (χ1n) is 11.4. The number of amides is 2. The average molecular weight is 485 g/mol. The standard InChI is InChI=1S/C28H24N2O4S/c1-18(2)34-26(31)17-30-27(32)25(35-28(30)33)14-21-16-29(24-13-6-5-12-23(21)24)15-20-10-7-9-19-8-3-4-11-22(19)20/h3-14,16,18H,15,17H2,1-2H3/b25-14-. The van der Waals surface area contributed by atoms with Crippen LogP contribution in [-0.4, -0.2) is 39.2 Å². The number of nitrogens with zero attached hydrogens (tertiary/aromatic N) is 2. The third-order valence-electron chi connectivity index (χ3n) is 5.85. The largest absolute Gasteiger partial charge is 0.462 e. The lowest BCUT2D eigenvalue weighted by Crippen LogP contribution is -2.35. The molecule has 0 N–H and O–H groups in total. The molecule has 0 radical (unpaired) electrons. The summed E-state index contributed by atoms with van der Waals surface area (Å²) < 4.78 is 7.25. The second-order valence-corrected chi connectivity index (χ2v) is 9.67. The van der Waals surface area contributed by atoms with Crippen LogP contribution >= 0.6 is 11.8 Å². The van der Waals surface area contributed by atoms with E-state index in [1.54, 1.807) is 19.9 Å². The summed E-state index contributed by atoms with van der Waals surface area (Å²) in [6, 6.07) is 22.6. The van der Waals surface area contributed by atoms with Crippen molar-refractivity contribution in [2.75, 3.05) is 6.54 Å². The number of ether oxygens (including phenoxy) is 1. The van der Waals surface area contributed by atoms with Crippen LogP contribution in [0.25, 0.3) is 27.8 Å². The van der Waals surface area contributed by atoms with Crippen LogP contribution in [0, 0.1) is 0 Å². The fraction of sp³-hybridized carbons (Fsp3) is 0.179. The van der Waals surface area contributed by atoms with Crippen molar-refractivity contribution in [3.05, 3.63) is 89.0 Å². The Morgan fingerprint density at radius 3 is 2.49 bits per heavy atom. The normalized spacial score (nSPS) is 15.2. The predicted octanol–water partition coefficient (Wildman–Crippen LogP) is 5.83. The van der Waals surface area contributed by atoms with Crippen LogP contribution in [0.2, 0.25) is 0 Å². The number of para-hydroxylation sites is 1. The molecule has 0 atom stereocenters. The molecule has 6 nitrogen and oxygen atoms in total. The first-order valence-corrected chi connectivity index (χ1v) is 12.2. The topological polar surface area (TPSA) is 68.6 Å². The van der Waals surface area contributed by atoms with E-state index < -0.39 is 17.1 Å². The molecule has 7 heteroatoms. The molecular weight excluding hydrogens is 460 g/mol. The zero-order valence-electron chi connectivity index (χ0n) is 19.4. The summed E-state index contributed by atoms with van der Waals surface area (Å²) in [7, 11) is 0. The second kappa shape index (κ2) is 9.43. The molecule has 2 heterocycles. The third-order valence-corrected chi connectivity index (χ3v) is 6.76. The molecule has 1 aromatic heterocycles. The van der Waals surface area contributed by atoms with Crippen LogP contribution in [0.3, 0.4) is 0 Å². The quantitative estimate of drug-likeness (QED) is 0.254. The Bertz CT molecular complexity index is 1500. The van der Waals surface area contributed by atoms with E-state index in [1.165, 1.54) is 16.3 Å². The Hall–Kier alpha value is -3.84. The summed E-state index contributed by atoms with van der Waals surface area (Å²) in [4.78, 5) is 38.6. The highest BCUT2D eigenvalue weighted by Crippen LogP contribution is 2.34. The van der Waals surface area contributed by atoms with Crippen molar-refractivity contribution in [2.24, 2.45) is 0 Å². The first-order chi connectivity index (χ1) is 16.9. The molecule has 0 spiro atoms. The van der Waals surface area contributed by atoms with Crippen LogP contribution in [-0.2, 0) is 20.9 Å². The molecule has 2 amide bonds. The maximum atomic E-state index is 12.9. The Labute approximate surface area is 207 Å². The van der Waals surface area contributed by atoms with E-state index in [0.29, 0.717) is 11.4 Å². The summed E-state index contributed by atoms with van der Waals surface area (Å²) in [6.45, 7) is 3.72. The van der Waals surface area contributed by atoms with Gasteiger partial charge in [0.15, 0.2) is 0 Å². The van der Waals surface area contributed by atoms with E-state index in [4.69, 9.17) is 4.74 Å². The number of imide groups is 1. The van der Waals surface area contributed by atoms with E-state index in [1.807, 2.05) is 42.6 Å².